The van der Waals surface area contributed by atoms with Gasteiger partial charge in [-0.05, 0) is 98.2 Å². The minimum absolute atomic E-state index is 0.279. The highest BCUT2D eigenvalue weighted by Crippen LogP contribution is 2.36. The standard InChI is InChI=1S/C40H48N2O6S2/c1-5-29-9-15-33(41-27-29)21-23-47-35-17-11-31(12-18-35)25-37(39(43)45-7-3)49-50-38(40(44)46-8-4)26-32-13-19-36(20-14-32)48-24-22-34-16-10-30(6-2)28-42-34/h9-20,27-28,37-38H,5-8,21-26H2,1-4H3/t37-,38-/m1/s1. The Labute approximate surface area is 304 Å². The minimum atomic E-state index is -0.510. The maximum atomic E-state index is 13.0. The van der Waals surface area contributed by atoms with E-state index in [1.165, 1.54) is 32.7 Å². The number of rotatable bonds is 21. The third kappa shape index (κ3) is 13.0. The van der Waals surface area contributed by atoms with Crippen LogP contribution in [-0.4, -0.2) is 58.8 Å². The number of benzene rings is 2. The summed E-state index contributed by atoms with van der Waals surface area (Å²) in [4.78, 5) is 35.0. The van der Waals surface area contributed by atoms with Crippen LogP contribution in [0.1, 0.15) is 61.3 Å². The zero-order valence-corrected chi connectivity index (χ0v) is 31.1. The summed E-state index contributed by atoms with van der Waals surface area (Å²) in [5, 5.41) is -1.02. The average molecular weight is 717 g/mol. The van der Waals surface area contributed by atoms with Gasteiger partial charge in [-0.15, -0.1) is 0 Å². The SMILES string of the molecule is CCOC(=O)[C@@H](Cc1ccc(OCCc2ccc(CC)cn2)cc1)SS[C@H](Cc1ccc(OCCc2ccc(CC)cn2)cc1)C(=O)OCC. The van der Waals surface area contributed by atoms with E-state index >= 15 is 0 Å². The third-order valence-electron chi connectivity index (χ3n) is 7.92. The predicted molar refractivity (Wildman–Crippen MR) is 202 cm³/mol. The molecular formula is C40H48N2O6S2. The van der Waals surface area contributed by atoms with Crippen LogP contribution in [0.5, 0.6) is 11.5 Å². The first-order chi connectivity index (χ1) is 24.4. The van der Waals surface area contributed by atoms with Gasteiger partial charge in [-0.25, -0.2) is 0 Å². The summed E-state index contributed by atoms with van der Waals surface area (Å²) in [7, 11) is 2.70. The number of ether oxygens (including phenoxy) is 4. The zero-order chi connectivity index (χ0) is 35.6. The monoisotopic (exact) mass is 716 g/mol. The molecule has 2 heterocycles. The Morgan fingerprint density at radius 1 is 0.560 bits per heavy atom. The van der Waals surface area contributed by atoms with Crippen LogP contribution in [0.3, 0.4) is 0 Å². The van der Waals surface area contributed by atoms with E-state index in [0.717, 1.165) is 59.7 Å². The average Bonchev–Trinajstić information content (AvgIpc) is 3.14. The number of aromatic nitrogens is 2. The number of esters is 2. The van der Waals surface area contributed by atoms with Crippen LogP contribution in [0, 0.1) is 0 Å². The molecule has 4 aromatic rings. The molecular weight excluding hydrogens is 669 g/mol. The van der Waals surface area contributed by atoms with Gasteiger partial charge in [0.05, 0.1) is 26.4 Å². The molecule has 0 aliphatic rings. The number of hydrogen-bond donors (Lipinski definition) is 0. The van der Waals surface area contributed by atoms with Crippen molar-refractivity contribution < 1.29 is 28.5 Å². The summed E-state index contributed by atoms with van der Waals surface area (Å²) >= 11 is 0. The highest BCUT2D eigenvalue weighted by atomic mass is 33.1. The minimum Gasteiger partial charge on any atom is -0.493 e. The van der Waals surface area contributed by atoms with Crippen LogP contribution in [0.25, 0.3) is 0 Å². The van der Waals surface area contributed by atoms with E-state index < -0.39 is 10.5 Å². The molecule has 0 N–H and O–H groups in total. The molecule has 2 aromatic carbocycles. The van der Waals surface area contributed by atoms with Crippen LogP contribution in [0.15, 0.2) is 85.2 Å². The molecule has 4 rings (SSSR count). The lowest BCUT2D eigenvalue weighted by Gasteiger charge is -2.19. The Kier molecular flexibility index (Phi) is 16.5. The fourth-order valence-corrected chi connectivity index (χ4v) is 7.73. The molecule has 0 unspecified atom stereocenters. The Morgan fingerprint density at radius 3 is 1.26 bits per heavy atom. The second-order valence-electron chi connectivity index (χ2n) is 11.6. The van der Waals surface area contributed by atoms with Gasteiger partial charge in [-0.1, -0.05) is 71.8 Å². The first-order valence-corrected chi connectivity index (χ1v) is 19.6. The van der Waals surface area contributed by atoms with E-state index in [1.54, 1.807) is 13.8 Å². The Hall–Kier alpha value is -4.02. The molecule has 0 amide bonds. The van der Waals surface area contributed by atoms with Crippen molar-refractivity contribution in [1.29, 1.82) is 0 Å². The number of pyridine rings is 2. The zero-order valence-electron chi connectivity index (χ0n) is 29.5. The largest absolute Gasteiger partial charge is 0.493 e. The van der Waals surface area contributed by atoms with Gasteiger partial charge < -0.3 is 18.9 Å². The molecule has 50 heavy (non-hydrogen) atoms. The third-order valence-corrected chi connectivity index (χ3v) is 10.9. The smallest absolute Gasteiger partial charge is 0.320 e. The molecule has 0 aliphatic carbocycles. The van der Waals surface area contributed by atoms with Gasteiger partial charge in [0.1, 0.15) is 22.0 Å². The highest BCUT2D eigenvalue weighted by molar-refractivity contribution is 8.77. The molecule has 0 aliphatic heterocycles. The molecule has 266 valence electrons. The fourth-order valence-electron chi connectivity index (χ4n) is 4.96. The molecule has 0 fully saturated rings. The molecule has 0 radical (unpaired) electrons. The van der Waals surface area contributed by atoms with E-state index in [9.17, 15) is 9.59 Å². The summed E-state index contributed by atoms with van der Waals surface area (Å²) in [6, 6.07) is 23.8. The normalized spacial score (nSPS) is 12.2. The van der Waals surface area contributed by atoms with Crippen molar-refractivity contribution in [1.82, 2.24) is 9.97 Å². The number of hydrogen-bond acceptors (Lipinski definition) is 10. The first-order valence-electron chi connectivity index (χ1n) is 17.4. The van der Waals surface area contributed by atoms with Crippen LogP contribution >= 0.6 is 21.6 Å². The maximum absolute atomic E-state index is 13.0. The van der Waals surface area contributed by atoms with Crippen LogP contribution in [-0.2, 0) is 57.6 Å². The van der Waals surface area contributed by atoms with Gasteiger partial charge in [0, 0.05) is 36.6 Å². The molecule has 2 aromatic heterocycles. The molecule has 0 saturated carbocycles. The van der Waals surface area contributed by atoms with Crippen molar-refractivity contribution in [2.24, 2.45) is 0 Å². The lowest BCUT2D eigenvalue weighted by molar-refractivity contribution is -0.143. The maximum Gasteiger partial charge on any atom is 0.320 e. The van der Waals surface area contributed by atoms with Gasteiger partial charge in [0.15, 0.2) is 0 Å². The Morgan fingerprint density at radius 2 is 0.940 bits per heavy atom. The van der Waals surface area contributed by atoms with E-state index in [-0.39, 0.29) is 25.2 Å². The molecule has 0 bridgehead atoms. The van der Waals surface area contributed by atoms with E-state index in [0.29, 0.717) is 26.1 Å². The van der Waals surface area contributed by atoms with Crippen molar-refractivity contribution in [2.75, 3.05) is 26.4 Å². The molecule has 0 saturated heterocycles. The van der Waals surface area contributed by atoms with Gasteiger partial charge in [-0.2, -0.15) is 0 Å². The quantitative estimate of drug-likeness (QED) is 0.0626. The summed E-state index contributed by atoms with van der Waals surface area (Å²) in [5.41, 5.74) is 6.36. The fraction of sp³-hybridized carbons (Fsp3) is 0.400. The molecule has 2 atom stereocenters. The number of aryl methyl sites for hydroxylation is 2. The van der Waals surface area contributed by atoms with Gasteiger partial charge in [0.2, 0.25) is 0 Å². The number of carbonyl (C=O) groups excluding carboxylic acids is 2. The van der Waals surface area contributed by atoms with Crippen LogP contribution < -0.4 is 9.47 Å². The van der Waals surface area contributed by atoms with Crippen LogP contribution in [0.4, 0.5) is 0 Å². The Balaban J connectivity index is 1.30. The number of carbonyl (C=O) groups is 2. The second-order valence-corrected chi connectivity index (χ2v) is 14.3. The summed E-state index contributed by atoms with van der Waals surface area (Å²) < 4.78 is 22.7. The Bertz CT molecular complexity index is 1460. The van der Waals surface area contributed by atoms with E-state index in [2.05, 4.69) is 35.9 Å². The lowest BCUT2D eigenvalue weighted by Crippen LogP contribution is -2.25. The summed E-state index contributed by atoms with van der Waals surface area (Å²) in [6.07, 6.45) is 8.10. The van der Waals surface area contributed by atoms with E-state index in [1.807, 2.05) is 73.1 Å². The van der Waals surface area contributed by atoms with Crippen molar-refractivity contribution in [3.05, 3.63) is 119 Å². The molecule has 10 heteroatoms. The molecule has 0 spiro atoms. The van der Waals surface area contributed by atoms with Crippen molar-refractivity contribution in [3.8, 4) is 11.5 Å². The van der Waals surface area contributed by atoms with Gasteiger partial charge in [0.25, 0.3) is 0 Å². The summed E-state index contributed by atoms with van der Waals surface area (Å²) in [6.45, 7) is 9.41. The lowest BCUT2D eigenvalue weighted by atomic mass is 10.1. The number of nitrogens with zero attached hydrogens (tertiary/aromatic N) is 2. The van der Waals surface area contributed by atoms with E-state index in [4.69, 9.17) is 18.9 Å². The van der Waals surface area contributed by atoms with Gasteiger partial charge in [-0.3, -0.25) is 19.6 Å². The van der Waals surface area contributed by atoms with Crippen molar-refractivity contribution in [2.45, 2.75) is 76.7 Å². The summed E-state index contributed by atoms with van der Waals surface area (Å²) in [5.74, 6) is 0.886. The second kappa shape index (κ2) is 21.3. The topological polar surface area (TPSA) is 96.8 Å². The predicted octanol–water partition coefficient (Wildman–Crippen LogP) is 7.87. The molecule has 8 nitrogen and oxygen atoms in total. The highest BCUT2D eigenvalue weighted by Gasteiger charge is 2.28. The van der Waals surface area contributed by atoms with Crippen LogP contribution in [0.2, 0.25) is 0 Å². The first kappa shape index (κ1) is 38.8. The van der Waals surface area contributed by atoms with Crippen molar-refractivity contribution in [3.63, 3.8) is 0 Å². The van der Waals surface area contributed by atoms with Gasteiger partial charge >= 0.3 is 11.9 Å². The van der Waals surface area contributed by atoms with Crippen molar-refractivity contribution >= 4 is 33.5 Å².